The molecule has 2 atom stereocenters. The number of hydrogen-bond acceptors (Lipinski definition) is 1. The minimum absolute atomic E-state index is 0.0436. The Morgan fingerprint density at radius 3 is 2.73 bits per heavy atom. The van der Waals surface area contributed by atoms with Crippen LogP contribution in [0.15, 0.2) is 24.3 Å². The average molecular weight is 152 g/mol. The maximum absolute atomic E-state index is 12.5. The maximum Gasteiger partial charge on any atom is 0.115 e. The van der Waals surface area contributed by atoms with Crippen LogP contribution in [0.3, 0.4) is 0 Å². The Kier molecular flexibility index (Phi) is 1.34. The molecule has 0 amide bonds. The van der Waals surface area contributed by atoms with Gasteiger partial charge in [0.1, 0.15) is 11.9 Å². The van der Waals surface area contributed by atoms with Gasteiger partial charge in [0.05, 0.1) is 0 Å². The molecule has 1 N–H and O–H groups in total. The molecule has 1 aromatic carbocycles. The summed E-state index contributed by atoms with van der Waals surface area (Å²) < 4.78 is 12.5. The number of aromatic hydroxyl groups is 1. The number of alkyl halides is 1. The zero-order chi connectivity index (χ0) is 7.84. The first kappa shape index (κ1) is 6.65. The van der Waals surface area contributed by atoms with E-state index in [0.717, 1.165) is 5.56 Å². The van der Waals surface area contributed by atoms with Gasteiger partial charge in [-0.05, 0) is 24.1 Å². The summed E-state index contributed by atoms with van der Waals surface area (Å²) in [6.07, 6.45) is -0.0690. The van der Waals surface area contributed by atoms with Gasteiger partial charge in [0.15, 0.2) is 0 Å². The largest absolute Gasteiger partial charge is 0.508 e. The van der Waals surface area contributed by atoms with Crippen molar-refractivity contribution in [1.29, 1.82) is 0 Å². The van der Waals surface area contributed by atoms with Crippen molar-refractivity contribution in [1.82, 2.24) is 0 Å². The molecule has 0 bridgehead atoms. The molecule has 1 saturated carbocycles. The number of phenols is 1. The van der Waals surface area contributed by atoms with Crippen LogP contribution in [0.25, 0.3) is 0 Å². The second-order valence-corrected chi connectivity index (χ2v) is 2.95. The lowest BCUT2D eigenvalue weighted by Gasteiger charge is -1.96. The quantitative estimate of drug-likeness (QED) is 0.654. The molecule has 0 radical (unpaired) electrons. The van der Waals surface area contributed by atoms with Gasteiger partial charge >= 0.3 is 0 Å². The van der Waals surface area contributed by atoms with Gasteiger partial charge in [-0.15, -0.1) is 0 Å². The van der Waals surface area contributed by atoms with Crippen LogP contribution in [-0.2, 0) is 0 Å². The van der Waals surface area contributed by atoms with E-state index in [0.29, 0.717) is 6.42 Å². The van der Waals surface area contributed by atoms with E-state index in [1.807, 2.05) is 6.07 Å². The van der Waals surface area contributed by atoms with Gasteiger partial charge in [-0.3, -0.25) is 0 Å². The number of benzene rings is 1. The topological polar surface area (TPSA) is 20.2 Å². The van der Waals surface area contributed by atoms with Crippen molar-refractivity contribution in [3.05, 3.63) is 29.8 Å². The van der Waals surface area contributed by atoms with E-state index in [9.17, 15) is 4.39 Å². The van der Waals surface area contributed by atoms with E-state index in [4.69, 9.17) is 5.11 Å². The summed E-state index contributed by atoms with van der Waals surface area (Å²) in [5.41, 5.74) is 0.914. The third-order valence-electron chi connectivity index (χ3n) is 2.01. The van der Waals surface area contributed by atoms with Crippen molar-refractivity contribution in [3.8, 4) is 5.75 Å². The first-order valence-corrected chi connectivity index (χ1v) is 3.70. The van der Waals surface area contributed by atoms with Gasteiger partial charge in [0, 0.05) is 5.92 Å². The van der Waals surface area contributed by atoms with Gasteiger partial charge in [-0.2, -0.15) is 0 Å². The zero-order valence-corrected chi connectivity index (χ0v) is 6.00. The fraction of sp³-hybridized carbons (Fsp3) is 0.333. The standard InChI is InChI=1S/C9H9FO/c10-9-5-8(9)6-2-1-3-7(11)4-6/h1-4,8-9,11H,5H2. The van der Waals surface area contributed by atoms with Crippen molar-refractivity contribution in [3.63, 3.8) is 0 Å². The molecular weight excluding hydrogens is 143 g/mol. The Balaban J connectivity index is 2.25. The molecule has 0 spiro atoms. The molecule has 1 nitrogen and oxygen atoms in total. The molecule has 0 aromatic heterocycles. The third-order valence-corrected chi connectivity index (χ3v) is 2.01. The summed E-state index contributed by atoms with van der Waals surface area (Å²) in [6, 6.07) is 6.82. The molecule has 1 aromatic rings. The fourth-order valence-electron chi connectivity index (χ4n) is 1.26. The lowest BCUT2D eigenvalue weighted by molar-refractivity contribution is 0.464. The second kappa shape index (κ2) is 2.22. The predicted octanol–water partition coefficient (Wildman–Crippen LogP) is 2.22. The van der Waals surface area contributed by atoms with E-state index in [-0.39, 0.29) is 11.7 Å². The highest BCUT2D eigenvalue weighted by atomic mass is 19.1. The third kappa shape index (κ3) is 1.20. The van der Waals surface area contributed by atoms with Crippen LogP contribution in [0.4, 0.5) is 4.39 Å². The van der Waals surface area contributed by atoms with Gasteiger partial charge in [-0.1, -0.05) is 12.1 Å². The summed E-state index contributed by atoms with van der Waals surface area (Å²) in [6.45, 7) is 0. The summed E-state index contributed by atoms with van der Waals surface area (Å²) in [4.78, 5) is 0. The molecule has 0 saturated heterocycles. The summed E-state index contributed by atoms with van der Waals surface area (Å²) in [7, 11) is 0. The van der Waals surface area contributed by atoms with Crippen LogP contribution in [0, 0.1) is 0 Å². The van der Waals surface area contributed by atoms with E-state index in [1.165, 1.54) is 0 Å². The number of rotatable bonds is 1. The average Bonchev–Trinajstić information content (AvgIpc) is 2.67. The highest BCUT2D eigenvalue weighted by Crippen LogP contribution is 2.43. The Bertz CT molecular complexity index is 272. The van der Waals surface area contributed by atoms with Crippen molar-refractivity contribution in [2.75, 3.05) is 0 Å². The highest BCUT2D eigenvalue weighted by molar-refractivity contribution is 5.33. The van der Waals surface area contributed by atoms with E-state index in [2.05, 4.69) is 0 Å². The Hall–Kier alpha value is -1.05. The normalized spacial score (nSPS) is 28.5. The first-order valence-electron chi connectivity index (χ1n) is 3.70. The molecule has 1 aliphatic rings. The SMILES string of the molecule is Oc1cccc(C2CC2F)c1. The second-order valence-electron chi connectivity index (χ2n) is 2.95. The molecule has 1 aliphatic carbocycles. The van der Waals surface area contributed by atoms with Gasteiger partial charge in [0.2, 0.25) is 0 Å². The number of phenolic OH excluding ortho intramolecular Hbond substituents is 1. The van der Waals surface area contributed by atoms with Crippen molar-refractivity contribution >= 4 is 0 Å². The number of hydrogen-bond donors (Lipinski definition) is 1. The van der Waals surface area contributed by atoms with Crippen LogP contribution in [0.5, 0.6) is 5.75 Å². The maximum atomic E-state index is 12.5. The minimum Gasteiger partial charge on any atom is -0.508 e. The van der Waals surface area contributed by atoms with Gasteiger partial charge in [0.25, 0.3) is 0 Å². The Morgan fingerprint density at radius 1 is 1.45 bits per heavy atom. The summed E-state index contributed by atoms with van der Waals surface area (Å²) in [5, 5.41) is 9.05. The molecule has 0 heterocycles. The smallest absolute Gasteiger partial charge is 0.115 e. The van der Waals surface area contributed by atoms with Crippen LogP contribution in [-0.4, -0.2) is 11.3 Å². The van der Waals surface area contributed by atoms with Crippen LogP contribution in [0.1, 0.15) is 17.9 Å². The molecule has 58 valence electrons. The van der Waals surface area contributed by atoms with E-state index in [1.54, 1.807) is 18.2 Å². The van der Waals surface area contributed by atoms with Gasteiger partial charge < -0.3 is 5.11 Å². The van der Waals surface area contributed by atoms with E-state index >= 15 is 0 Å². The lowest BCUT2D eigenvalue weighted by Crippen LogP contribution is -1.80. The predicted molar refractivity (Wildman–Crippen MR) is 40.4 cm³/mol. The molecule has 11 heavy (non-hydrogen) atoms. The Labute approximate surface area is 64.5 Å². The summed E-state index contributed by atoms with van der Waals surface area (Å²) >= 11 is 0. The van der Waals surface area contributed by atoms with Crippen molar-refractivity contribution in [2.24, 2.45) is 0 Å². The van der Waals surface area contributed by atoms with Crippen LogP contribution < -0.4 is 0 Å². The van der Waals surface area contributed by atoms with Gasteiger partial charge in [-0.25, -0.2) is 4.39 Å². The first-order chi connectivity index (χ1) is 5.27. The monoisotopic (exact) mass is 152 g/mol. The van der Waals surface area contributed by atoms with Crippen LogP contribution in [0.2, 0.25) is 0 Å². The van der Waals surface area contributed by atoms with Crippen LogP contribution >= 0.6 is 0 Å². The minimum atomic E-state index is -0.684. The lowest BCUT2D eigenvalue weighted by atomic mass is 10.1. The molecule has 2 unspecified atom stereocenters. The molecule has 2 rings (SSSR count). The molecule has 0 aliphatic heterocycles. The highest BCUT2D eigenvalue weighted by Gasteiger charge is 2.38. The fourth-order valence-corrected chi connectivity index (χ4v) is 1.26. The Morgan fingerprint density at radius 2 is 2.18 bits per heavy atom. The zero-order valence-electron chi connectivity index (χ0n) is 6.00. The van der Waals surface area contributed by atoms with Crippen molar-refractivity contribution < 1.29 is 9.50 Å². The van der Waals surface area contributed by atoms with E-state index < -0.39 is 6.17 Å². The number of halogens is 1. The molecule has 2 heteroatoms. The molecule has 1 fully saturated rings. The molecular formula is C9H9FO. The van der Waals surface area contributed by atoms with Crippen molar-refractivity contribution in [2.45, 2.75) is 18.5 Å². The summed E-state index contributed by atoms with van der Waals surface area (Å²) in [5.74, 6) is 0.267.